The molecule has 1 fully saturated rings. The van der Waals surface area contributed by atoms with E-state index in [-0.39, 0.29) is 18.8 Å². The minimum absolute atomic E-state index is 0.0563. The molecule has 1 unspecified atom stereocenters. The molecule has 1 aliphatic heterocycles. The number of aromatic nitrogens is 2. The minimum Gasteiger partial charge on any atom is -0.472 e. The van der Waals surface area contributed by atoms with Gasteiger partial charge in [0.2, 0.25) is 5.88 Å². The summed E-state index contributed by atoms with van der Waals surface area (Å²) in [5.41, 5.74) is 0.976. The first kappa shape index (κ1) is 14.3. The van der Waals surface area contributed by atoms with Crippen LogP contribution in [0.5, 0.6) is 5.88 Å². The molecule has 0 saturated carbocycles. The van der Waals surface area contributed by atoms with Crippen molar-refractivity contribution in [3.8, 4) is 5.88 Å². The zero-order chi connectivity index (χ0) is 15.2. The summed E-state index contributed by atoms with van der Waals surface area (Å²) in [5.74, 6) is 0.527. The van der Waals surface area contributed by atoms with Gasteiger partial charge in [0.1, 0.15) is 19.0 Å². The second-order valence-corrected chi connectivity index (χ2v) is 5.06. The lowest BCUT2D eigenvalue weighted by molar-refractivity contribution is 0.0988. The molecule has 0 bridgehead atoms. The van der Waals surface area contributed by atoms with E-state index in [4.69, 9.17) is 9.47 Å². The van der Waals surface area contributed by atoms with Gasteiger partial charge in [0.15, 0.2) is 0 Å². The SMILES string of the molecule is O=C(OCc1ccccc1)N1CCC(Oc2ccncn2)C1. The highest BCUT2D eigenvalue weighted by atomic mass is 16.6. The van der Waals surface area contributed by atoms with Gasteiger partial charge in [-0.25, -0.2) is 14.8 Å². The van der Waals surface area contributed by atoms with Crippen molar-refractivity contribution in [2.24, 2.45) is 0 Å². The molecular weight excluding hydrogens is 282 g/mol. The van der Waals surface area contributed by atoms with Crippen LogP contribution in [0.15, 0.2) is 48.9 Å². The van der Waals surface area contributed by atoms with Gasteiger partial charge >= 0.3 is 6.09 Å². The normalized spacial score (nSPS) is 17.3. The first-order chi connectivity index (χ1) is 10.8. The summed E-state index contributed by atoms with van der Waals surface area (Å²) >= 11 is 0. The van der Waals surface area contributed by atoms with Crippen molar-refractivity contribution >= 4 is 6.09 Å². The van der Waals surface area contributed by atoms with Crippen LogP contribution in [0.2, 0.25) is 0 Å². The average molecular weight is 299 g/mol. The molecule has 1 amide bonds. The van der Waals surface area contributed by atoms with Gasteiger partial charge in [-0.1, -0.05) is 30.3 Å². The summed E-state index contributed by atoms with van der Waals surface area (Å²) in [4.78, 5) is 21.6. The predicted octanol–water partition coefficient (Wildman–Crippen LogP) is 2.27. The van der Waals surface area contributed by atoms with Crippen molar-refractivity contribution in [1.82, 2.24) is 14.9 Å². The van der Waals surface area contributed by atoms with Gasteiger partial charge < -0.3 is 14.4 Å². The molecule has 114 valence electrons. The van der Waals surface area contributed by atoms with E-state index in [9.17, 15) is 4.79 Å². The van der Waals surface area contributed by atoms with Gasteiger partial charge in [-0.3, -0.25) is 0 Å². The fraction of sp³-hybridized carbons (Fsp3) is 0.312. The Bertz CT molecular complexity index is 607. The molecule has 1 atom stereocenters. The molecule has 0 aliphatic carbocycles. The maximum Gasteiger partial charge on any atom is 0.410 e. The van der Waals surface area contributed by atoms with Crippen molar-refractivity contribution < 1.29 is 14.3 Å². The monoisotopic (exact) mass is 299 g/mol. The standard InChI is InChI=1S/C16H17N3O3/c20-16(21-11-13-4-2-1-3-5-13)19-9-7-14(10-19)22-15-6-8-17-12-18-15/h1-6,8,12,14H,7,9-11H2. The lowest BCUT2D eigenvalue weighted by Crippen LogP contribution is -2.31. The first-order valence-corrected chi connectivity index (χ1v) is 7.19. The molecule has 1 aromatic carbocycles. The van der Waals surface area contributed by atoms with E-state index in [1.165, 1.54) is 6.33 Å². The molecule has 6 heteroatoms. The summed E-state index contributed by atoms with van der Waals surface area (Å²) in [6, 6.07) is 11.3. The molecule has 1 aromatic heterocycles. The van der Waals surface area contributed by atoms with Crippen LogP contribution >= 0.6 is 0 Å². The summed E-state index contributed by atoms with van der Waals surface area (Å²) in [6.07, 6.45) is 3.47. The van der Waals surface area contributed by atoms with Gasteiger partial charge in [-0.05, 0) is 5.56 Å². The number of hydrogen-bond donors (Lipinski definition) is 0. The lowest BCUT2D eigenvalue weighted by Gasteiger charge is -2.16. The van der Waals surface area contributed by atoms with Crippen molar-refractivity contribution in [1.29, 1.82) is 0 Å². The molecule has 2 heterocycles. The third kappa shape index (κ3) is 3.72. The average Bonchev–Trinajstić information content (AvgIpc) is 3.03. The molecule has 6 nitrogen and oxygen atoms in total. The molecule has 0 N–H and O–H groups in total. The predicted molar refractivity (Wildman–Crippen MR) is 79.3 cm³/mol. The van der Waals surface area contributed by atoms with E-state index >= 15 is 0 Å². The molecule has 1 aliphatic rings. The third-order valence-corrected chi connectivity index (χ3v) is 3.45. The molecular formula is C16H17N3O3. The van der Waals surface area contributed by atoms with E-state index in [0.29, 0.717) is 19.0 Å². The summed E-state index contributed by atoms with van der Waals surface area (Å²) in [7, 11) is 0. The van der Waals surface area contributed by atoms with E-state index in [0.717, 1.165) is 12.0 Å². The number of carbonyl (C=O) groups excluding carboxylic acids is 1. The Morgan fingerprint density at radius 2 is 2.14 bits per heavy atom. The van der Waals surface area contributed by atoms with Crippen molar-refractivity contribution in [2.45, 2.75) is 19.1 Å². The summed E-state index contributed by atoms with van der Waals surface area (Å²) in [5, 5.41) is 0. The van der Waals surface area contributed by atoms with E-state index < -0.39 is 0 Å². The highest BCUT2D eigenvalue weighted by molar-refractivity contribution is 5.68. The Hall–Kier alpha value is -2.63. The van der Waals surface area contributed by atoms with Crippen LogP contribution in [0.3, 0.4) is 0 Å². The molecule has 1 saturated heterocycles. The number of hydrogen-bond acceptors (Lipinski definition) is 5. The molecule has 3 rings (SSSR count). The van der Waals surface area contributed by atoms with Gasteiger partial charge in [-0.15, -0.1) is 0 Å². The second-order valence-electron chi connectivity index (χ2n) is 5.06. The van der Waals surface area contributed by atoms with E-state index in [1.54, 1.807) is 17.2 Å². The smallest absolute Gasteiger partial charge is 0.410 e. The van der Waals surface area contributed by atoms with Gasteiger partial charge in [0.05, 0.1) is 6.54 Å². The van der Waals surface area contributed by atoms with Crippen LogP contribution in [0, 0.1) is 0 Å². The molecule has 0 radical (unpaired) electrons. The Morgan fingerprint density at radius 3 is 2.91 bits per heavy atom. The fourth-order valence-electron chi connectivity index (χ4n) is 2.32. The Morgan fingerprint density at radius 1 is 1.27 bits per heavy atom. The number of rotatable bonds is 4. The maximum atomic E-state index is 12.0. The Balaban J connectivity index is 1.46. The van der Waals surface area contributed by atoms with Crippen LogP contribution in [0.4, 0.5) is 4.79 Å². The minimum atomic E-state index is -0.308. The van der Waals surface area contributed by atoms with E-state index in [2.05, 4.69) is 9.97 Å². The topological polar surface area (TPSA) is 64.5 Å². The highest BCUT2D eigenvalue weighted by Crippen LogP contribution is 2.17. The number of likely N-dealkylation sites (tertiary alicyclic amines) is 1. The van der Waals surface area contributed by atoms with Crippen LogP contribution in [0.25, 0.3) is 0 Å². The van der Waals surface area contributed by atoms with Crippen molar-refractivity contribution in [2.75, 3.05) is 13.1 Å². The van der Waals surface area contributed by atoms with E-state index in [1.807, 2.05) is 30.3 Å². The summed E-state index contributed by atoms with van der Waals surface area (Å²) < 4.78 is 11.0. The van der Waals surface area contributed by atoms with Gasteiger partial charge in [0.25, 0.3) is 0 Å². The first-order valence-electron chi connectivity index (χ1n) is 7.19. The number of amides is 1. The van der Waals surface area contributed by atoms with Gasteiger partial charge in [-0.2, -0.15) is 0 Å². The Labute approximate surface area is 128 Å². The Kier molecular flexibility index (Phi) is 4.48. The number of nitrogens with zero attached hydrogens (tertiary/aromatic N) is 3. The van der Waals surface area contributed by atoms with Crippen LogP contribution < -0.4 is 4.74 Å². The molecule has 0 spiro atoms. The lowest BCUT2D eigenvalue weighted by atomic mass is 10.2. The number of ether oxygens (including phenoxy) is 2. The highest BCUT2D eigenvalue weighted by Gasteiger charge is 2.28. The number of carbonyl (C=O) groups is 1. The van der Waals surface area contributed by atoms with Crippen LogP contribution in [-0.2, 0) is 11.3 Å². The largest absolute Gasteiger partial charge is 0.472 e. The zero-order valence-corrected chi connectivity index (χ0v) is 12.1. The van der Waals surface area contributed by atoms with Crippen LogP contribution in [0.1, 0.15) is 12.0 Å². The zero-order valence-electron chi connectivity index (χ0n) is 12.1. The molecule has 22 heavy (non-hydrogen) atoms. The fourth-order valence-corrected chi connectivity index (χ4v) is 2.32. The maximum absolute atomic E-state index is 12.0. The number of benzene rings is 1. The van der Waals surface area contributed by atoms with Crippen LogP contribution in [-0.4, -0.2) is 40.2 Å². The van der Waals surface area contributed by atoms with Crippen molar-refractivity contribution in [3.05, 3.63) is 54.5 Å². The molecule has 2 aromatic rings. The quantitative estimate of drug-likeness (QED) is 0.866. The third-order valence-electron chi connectivity index (χ3n) is 3.45. The van der Waals surface area contributed by atoms with Crippen molar-refractivity contribution in [3.63, 3.8) is 0 Å². The van der Waals surface area contributed by atoms with Gasteiger partial charge in [0, 0.05) is 25.2 Å². The second kappa shape index (κ2) is 6.89. The summed E-state index contributed by atoms with van der Waals surface area (Å²) in [6.45, 7) is 1.43.